The van der Waals surface area contributed by atoms with E-state index in [1.807, 2.05) is 13.8 Å². The molecular formula is C20H19ClN2O3. The van der Waals surface area contributed by atoms with Crippen LogP contribution in [0.3, 0.4) is 0 Å². The summed E-state index contributed by atoms with van der Waals surface area (Å²) in [5.74, 6) is -0.0920. The molecule has 1 aromatic heterocycles. The van der Waals surface area contributed by atoms with E-state index >= 15 is 0 Å². The van der Waals surface area contributed by atoms with Crippen molar-refractivity contribution >= 4 is 28.3 Å². The first-order chi connectivity index (χ1) is 12.4. The summed E-state index contributed by atoms with van der Waals surface area (Å²) in [5, 5.41) is 0.964. The molecule has 0 fully saturated rings. The van der Waals surface area contributed by atoms with Gasteiger partial charge >= 0.3 is 5.69 Å². The van der Waals surface area contributed by atoms with E-state index in [1.165, 1.54) is 9.13 Å². The van der Waals surface area contributed by atoms with Crippen LogP contribution < -0.4 is 11.2 Å². The van der Waals surface area contributed by atoms with Crippen LogP contribution in [0.25, 0.3) is 10.9 Å². The summed E-state index contributed by atoms with van der Waals surface area (Å²) < 4.78 is 2.58. The van der Waals surface area contributed by atoms with E-state index in [4.69, 9.17) is 11.6 Å². The molecule has 0 N–H and O–H groups in total. The molecule has 3 rings (SSSR count). The molecule has 0 aliphatic heterocycles. The Hall–Kier alpha value is -2.66. The van der Waals surface area contributed by atoms with Crippen molar-refractivity contribution in [2.45, 2.75) is 26.9 Å². The van der Waals surface area contributed by atoms with Gasteiger partial charge in [-0.1, -0.05) is 37.6 Å². The van der Waals surface area contributed by atoms with Gasteiger partial charge in [0, 0.05) is 17.1 Å². The highest BCUT2D eigenvalue weighted by atomic mass is 35.5. The van der Waals surface area contributed by atoms with Crippen LogP contribution in [0, 0.1) is 5.92 Å². The molecule has 3 aromatic rings. The van der Waals surface area contributed by atoms with Crippen LogP contribution in [0.1, 0.15) is 24.2 Å². The third-order valence-electron chi connectivity index (χ3n) is 4.15. The minimum atomic E-state index is -0.468. The lowest BCUT2D eigenvalue weighted by Crippen LogP contribution is -2.42. The molecule has 0 atom stereocenters. The van der Waals surface area contributed by atoms with Gasteiger partial charge in [0.15, 0.2) is 5.78 Å². The topological polar surface area (TPSA) is 61.1 Å². The van der Waals surface area contributed by atoms with E-state index < -0.39 is 5.69 Å². The van der Waals surface area contributed by atoms with Crippen molar-refractivity contribution in [1.82, 2.24) is 9.13 Å². The van der Waals surface area contributed by atoms with Gasteiger partial charge in [0.05, 0.1) is 17.4 Å². The molecule has 134 valence electrons. The second-order valence-corrected chi connectivity index (χ2v) is 7.06. The Morgan fingerprint density at radius 3 is 2.31 bits per heavy atom. The molecular weight excluding hydrogens is 352 g/mol. The maximum Gasteiger partial charge on any atom is 0.331 e. The van der Waals surface area contributed by atoms with Crippen LogP contribution in [0.5, 0.6) is 0 Å². The Morgan fingerprint density at radius 1 is 1.00 bits per heavy atom. The number of halogens is 1. The highest BCUT2D eigenvalue weighted by molar-refractivity contribution is 6.30. The monoisotopic (exact) mass is 370 g/mol. The number of hydrogen-bond donors (Lipinski definition) is 0. The number of carbonyl (C=O) groups excluding carboxylic acids is 1. The molecule has 0 aliphatic rings. The van der Waals surface area contributed by atoms with Crippen molar-refractivity contribution < 1.29 is 4.79 Å². The Labute approximate surface area is 155 Å². The van der Waals surface area contributed by atoms with Gasteiger partial charge < -0.3 is 0 Å². The minimum absolute atomic E-state index is 0.127. The number of benzene rings is 2. The van der Waals surface area contributed by atoms with Crippen LogP contribution in [0.15, 0.2) is 58.1 Å². The number of fused-ring (bicyclic) bond motifs is 1. The predicted molar refractivity (Wildman–Crippen MR) is 103 cm³/mol. The molecule has 0 aliphatic carbocycles. The lowest BCUT2D eigenvalue weighted by atomic mass is 10.1. The summed E-state index contributed by atoms with van der Waals surface area (Å²) in [5.41, 5.74) is 0.135. The van der Waals surface area contributed by atoms with Crippen LogP contribution in [0.4, 0.5) is 0 Å². The van der Waals surface area contributed by atoms with Gasteiger partial charge in [-0.05, 0) is 42.3 Å². The Bertz CT molecular complexity index is 1080. The smallest absolute Gasteiger partial charge is 0.292 e. The zero-order chi connectivity index (χ0) is 18.8. The molecule has 0 bridgehead atoms. The van der Waals surface area contributed by atoms with Gasteiger partial charge in [0.1, 0.15) is 0 Å². The zero-order valence-corrected chi connectivity index (χ0v) is 15.4. The highest BCUT2D eigenvalue weighted by Gasteiger charge is 2.16. The molecule has 5 nitrogen and oxygen atoms in total. The second kappa shape index (κ2) is 7.30. The molecule has 2 aromatic carbocycles. The highest BCUT2D eigenvalue weighted by Crippen LogP contribution is 2.13. The van der Waals surface area contributed by atoms with E-state index in [-0.39, 0.29) is 23.8 Å². The molecule has 0 radical (unpaired) electrons. The number of para-hydroxylation sites is 1. The van der Waals surface area contributed by atoms with Crippen LogP contribution >= 0.6 is 11.6 Å². The van der Waals surface area contributed by atoms with Crippen molar-refractivity contribution in [2.75, 3.05) is 0 Å². The van der Waals surface area contributed by atoms with E-state index in [1.54, 1.807) is 48.5 Å². The first kappa shape index (κ1) is 18.1. The third kappa shape index (κ3) is 3.48. The van der Waals surface area contributed by atoms with Gasteiger partial charge in [0.2, 0.25) is 0 Å². The van der Waals surface area contributed by atoms with Crippen molar-refractivity contribution in [3.63, 3.8) is 0 Å². The van der Waals surface area contributed by atoms with Crippen molar-refractivity contribution in [1.29, 1.82) is 0 Å². The fourth-order valence-electron chi connectivity index (χ4n) is 2.92. The standard InChI is InChI=1S/C20H19ClN2O3/c1-13(2)11-23-19(25)16-5-3-4-6-17(16)22(20(23)26)12-18(24)14-7-9-15(21)10-8-14/h3-10,13H,11-12H2,1-2H3. The summed E-state index contributed by atoms with van der Waals surface area (Å²) in [4.78, 5) is 38.2. The van der Waals surface area contributed by atoms with Crippen molar-refractivity contribution in [3.05, 3.63) is 80.0 Å². The van der Waals surface area contributed by atoms with E-state index in [0.717, 1.165) is 0 Å². The molecule has 0 amide bonds. The largest absolute Gasteiger partial charge is 0.331 e. The number of hydrogen-bond acceptors (Lipinski definition) is 3. The fraction of sp³-hybridized carbons (Fsp3) is 0.250. The number of ketones is 1. The zero-order valence-electron chi connectivity index (χ0n) is 14.6. The SMILES string of the molecule is CC(C)Cn1c(=O)c2ccccc2n(CC(=O)c2ccc(Cl)cc2)c1=O. The van der Waals surface area contributed by atoms with E-state index in [9.17, 15) is 14.4 Å². The number of aromatic nitrogens is 2. The van der Waals surface area contributed by atoms with Gasteiger partial charge in [0.25, 0.3) is 5.56 Å². The number of rotatable bonds is 5. The van der Waals surface area contributed by atoms with Gasteiger partial charge in [-0.25, -0.2) is 4.79 Å². The molecule has 26 heavy (non-hydrogen) atoms. The second-order valence-electron chi connectivity index (χ2n) is 6.63. The average molecular weight is 371 g/mol. The first-order valence-corrected chi connectivity index (χ1v) is 8.77. The van der Waals surface area contributed by atoms with Crippen LogP contribution in [-0.2, 0) is 13.1 Å². The van der Waals surface area contributed by atoms with Gasteiger partial charge in [-0.15, -0.1) is 0 Å². The first-order valence-electron chi connectivity index (χ1n) is 8.39. The van der Waals surface area contributed by atoms with Gasteiger partial charge in [-0.3, -0.25) is 18.7 Å². The molecule has 0 unspecified atom stereocenters. The van der Waals surface area contributed by atoms with Gasteiger partial charge in [-0.2, -0.15) is 0 Å². The maximum atomic E-state index is 12.9. The molecule has 0 saturated carbocycles. The Morgan fingerprint density at radius 2 is 1.65 bits per heavy atom. The van der Waals surface area contributed by atoms with Crippen molar-refractivity contribution in [2.24, 2.45) is 5.92 Å². The molecule has 1 heterocycles. The molecule has 6 heteroatoms. The molecule has 0 spiro atoms. The van der Waals surface area contributed by atoms with Crippen LogP contribution in [-0.4, -0.2) is 14.9 Å². The van der Waals surface area contributed by atoms with Crippen LogP contribution in [0.2, 0.25) is 5.02 Å². The third-order valence-corrected chi connectivity index (χ3v) is 4.40. The summed E-state index contributed by atoms with van der Waals surface area (Å²) in [6.45, 7) is 4.03. The average Bonchev–Trinajstić information content (AvgIpc) is 2.62. The number of Topliss-reactive ketones (excluding diaryl/α,β-unsaturated/α-hetero) is 1. The predicted octanol–water partition coefficient (Wildman–Crippen LogP) is 3.36. The quantitative estimate of drug-likeness (QED) is 0.647. The summed E-state index contributed by atoms with van der Waals surface area (Å²) in [6.07, 6.45) is 0. The lowest BCUT2D eigenvalue weighted by Gasteiger charge is -2.15. The molecule has 0 saturated heterocycles. The maximum absolute atomic E-state index is 12.9. The summed E-state index contributed by atoms with van der Waals surface area (Å²) >= 11 is 5.86. The lowest BCUT2D eigenvalue weighted by molar-refractivity contribution is 0.0971. The minimum Gasteiger partial charge on any atom is -0.292 e. The number of nitrogens with zero attached hydrogens (tertiary/aromatic N) is 2. The van der Waals surface area contributed by atoms with E-state index in [2.05, 4.69) is 0 Å². The Kier molecular flexibility index (Phi) is 5.09. The summed E-state index contributed by atoms with van der Waals surface area (Å²) in [7, 11) is 0. The fourth-order valence-corrected chi connectivity index (χ4v) is 3.05. The van der Waals surface area contributed by atoms with Crippen molar-refractivity contribution in [3.8, 4) is 0 Å². The van der Waals surface area contributed by atoms with E-state index in [0.29, 0.717) is 28.0 Å². The normalized spacial score (nSPS) is 11.2. The summed E-state index contributed by atoms with van der Waals surface area (Å²) in [6, 6.07) is 13.4. The Balaban J connectivity index is 2.15. The number of carbonyl (C=O) groups is 1.